The number of amides is 1. The summed E-state index contributed by atoms with van der Waals surface area (Å²) in [4.78, 5) is 21.5. The van der Waals surface area contributed by atoms with Crippen LogP contribution >= 0.6 is 11.3 Å². The van der Waals surface area contributed by atoms with Crippen molar-refractivity contribution in [3.05, 3.63) is 35.1 Å². The highest BCUT2D eigenvalue weighted by Crippen LogP contribution is 2.27. The number of nitrogens with zero attached hydrogens (tertiary/aromatic N) is 2. The van der Waals surface area contributed by atoms with Crippen molar-refractivity contribution in [2.24, 2.45) is 0 Å². The molecule has 0 atom stereocenters. The first-order chi connectivity index (χ1) is 9.70. The Hall–Kier alpha value is -1.75. The van der Waals surface area contributed by atoms with Crippen LogP contribution in [0, 0.1) is 6.92 Å². The molecule has 0 aliphatic carbocycles. The Morgan fingerprint density at radius 1 is 1.45 bits per heavy atom. The van der Waals surface area contributed by atoms with Gasteiger partial charge in [-0.15, -0.1) is 11.3 Å². The Bertz CT molecular complexity index is 566. The summed E-state index contributed by atoms with van der Waals surface area (Å²) >= 11 is 1.57. The first-order valence-corrected chi connectivity index (χ1v) is 7.65. The highest BCUT2D eigenvalue weighted by Gasteiger charge is 2.12. The third kappa shape index (κ3) is 3.87. The number of unbranched alkanes of at least 4 members (excludes halogenated alkanes) is 1. The van der Waals surface area contributed by atoms with E-state index in [9.17, 15) is 4.79 Å². The van der Waals surface area contributed by atoms with Gasteiger partial charge in [-0.2, -0.15) is 0 Å². The third-order valence-corrected chi connectivity index (χ3v) is 4.18. The number of hydrogen-bond donors (Lipinski definition) is 1. The van der Waals surface area contributed by atoms with Crippen LogP contribution in [0.5, 0.6) is 0 Å². The molecule has 20 heavy (non-hydrogen) atoms. The normalized spacial score (nSPS) is 10.5. The molecule has 2 heterocycles. The number of aromatic nitrogens is 2. The summed E-state index contributed by atoms with van der Waals surface area (Å²) in [6.45, 7) is 4.81. The second kappa shape index (κ2) is 7.14. The van der Waals surface area contributed by atoms with Crippen LogP contribution in [-0.2, 0) is 11.2 Å². The van der Waals surface area contributed by atoms with Gasteiger partial charge in [0.05, 0.1) is 12.1 Å². The van der Waals surface area contributed by atoms with Crippen molar-refractivity contribution in [2.45, 2.75) is 33.1 Å². The molecule has 0 aliphatic rings. The van der Waals surface area contributed by atoms with E-state index in [0.29, 0.717) is 6.42 Å². The molecule has 0 bridgehead atoms. The Balaban J connectivity index is 2.03. The fourth-order valence-corrected chi connectivity index (χ4v) is 2.87. The summed E-state index contributed by atoms with van der Waals surface area (Å²) in [5.74, 6) is 0.0722. The Morgan fingerprint density at radius 2 is 2.30 bits per heavy atom. The largest absolute Gasteiger partial charge is 0.356 e. The van der Waals surface area contributed by atoms with Gasteiger partial charge in [0.15, 0.2) is 0 Å². The van der Waals surface area contributed by atoms with E-state index in [1.54, 1.807) is 23.7 Å². The highest BCUT2D eigenvalue weighted by molar-refractivity contribution is 7.15. The molecular weight excluding hydrogens is 270 g/mol. The van der Waals surface area contributed by atoms with E-state index in [1.807, 2.05) is 19.1 Å². The monoisotopic (exact) mass is 289 g/mol. The Labute approximate surface area is 123 Å². The van der Waals surface area contributed by atoms with Crippen molar-refractivity contribution in [1.29, 1.82) is 0 Å². The predicted octanol–water partition coefficient (Wildman–Crippen LogP) is 2.97. The van der Waals surface area contributed by atoms with Crippen LogP contribution in [0.15, 0.2) is 24.5 Å². The quantitative estimate of drug-likeness (QED) is 0.832. The average Bonchev–Trinajstić information content (AvgIpc) is 2.81. The molecule has 0 aliphatic heterocycles. The molecular formula is C15H19N3OS. The lowest BCUT2D eigenvalue weighted by molar-refractivity contribution is -0.120. The van der Waals surface area contributed by atoms with Gasteiger partial charge in [-0.3, -0.25) is 9.78 Å². The molecule has 1 amide bonds. The van der Waals surface area contributed by atoms with Gasteiger partial charge >= 0.3 is 0 Å². The van der Waals surface area contributed by atoms with Crippen LogP contribution in [-0.4, -0.2) is 22.4 Å². The summed E-state index contributed by atoms with van der Waals surface area (Å²) in [6, 6.07) is 3.87. The maximum absolute atomic E-state index is 11.8. The molecule has 0 unspecified atom stereocenters. The zero-order valence-corrected chi connectivity index (χ0v) is 12.7. The molecule has 4 nitrogen and oxygen atoms in total. The van der Waals surface area contributed by atoms with Gasteiger partial charge < -0.3 is 5.32 Å². The van der Waals surface area contributed by atoms with Crippen LogP contribution in [0.25, 0.3) is 10.6 Å². The first kappa shape index (κ1) is 14.7. The zero-order valence-electron chi connectivity index (χ0n) is 11.8. The van der Waals surface area contributed by atoms with Gasteiger partial charge in [-0.25, -0.2) is 4.98 Å². The van der Waals surface area contributed by atoms with Crippen molar-refractivity contribution in [3.8, 4) is 10.6 Å². The van der Waals surface area contributed by atoms with E-state index in [-0.39, 0.29) is 5.91 Å². The number of hydrogen-bond acceptors (Lipinski definition) is 4. The molecule has 0 radical (unpaired) electrons. The smallest absolute Gasteiger partial charge is 0.225 e. The number of carbonyl (C=O) groups excluding carboxylic acids is 1. The molecule has 5 heteroatoms. The average molecular weight is 289 g/mol. The van der Waals surface area contributed by atoms with Crippen LogP contribution in [0.3, 0.4) is 0 Å². The second-order valence-corrected chi connectivity index (χ2v) is 5.73. The number of thiazole rings is 1. The van der Waals surface area contributed by atoms with Crippen LogP contribution < -0.4 is 5.32 Å². The molecule has 2 aromatic rings. The molecule has 2 aromatic heterocycles. The van der Waals surface area contributed by atoms with Crippen LogP contribution in [0.2, 0.25) is 0 Å². The SMILES string of the molecule is CCCCNC(=O)Cc1sc(-c2cccnc2)nc1C. The molecule has 0 saturated carbocycles. The molecule has 0 fully saturated rings. The summed E-state index contributed by atoms with van der Waals surface area (Å²) in [5.41, 5.74) is 1.93. The van der Waals surface area contributed by atoms with Crippen molar-refractivity contribution in [3.63, 3.8) is 0 Å². The first-order valence-electron chi connectivity index (χ1n) is 6.84. The van der Waals surface area contributed by atoms with Gasteiger partial charge in [0.1, 0.15) is 5.01 Å². The van der Waals surface area contributed by atoms with E-state index >= 15 is 0 Å². The van der Waals surface area contributed by atoms with E-state index in [0.717, 1.165) is 40.5 Å². The van der Waals surface area contributed by atoms with E-state index < -0.39 is 0 Å². The number of carbonyl (C=O) groups is 1. The molecule has 1 N–H and O–H groups in total. The van der Waals surface area contributed by atoms with Gasteiger partial charge in [-0.1, -0.05) is 13.3 Å². The highest BCUT2D eigenvalue weighted by atomic mass is 32.1. The van der Waals surface area contributed by atoms with Crippen LogP contribution in [0.1, 0.15) is 30.3 Å². The minimum atomic E-state index is 0.0722. The molecule has 2 rings (SSSR count). The lowest BCUT2D eigenvalue weighted by Gasteiger charge is -2.02. The molecule has 0 saturated heterocycles. The van der Waals surface area contributed by atoms with E-state index in [2.05, 4.69) is 22.2 Å². The predicted molar refractivity (Wildman–Crippen MR) is 81.7 cm³/mol. The van der Waals surface area contributed by atoms with Crippen LogP contribution in [0.4, 0.5) is 0 Å². The fourth-order valence-electron chi connectivity index (χ4n) is 1.82. The van der Waals surface area contributed by atoms with Gasteiger partial charge in [0, 0.05) is 29.4 Å². The summed E-state index contributed by atoms with van der Waals surface area (Å²) in [5, 5.41) is 3.86. The second-order valence-electron chi connectivity index (χ2n) is 4.65. The van der Waals surface area contributed by atoms with Gasteiger partial charge in [0.25, 0.3) is 0 Å². The summed E-state index contributed by atoms with van der Waals surface area (Å²) in [6.07, 6.45) is 6.06. The zero-order chi connectivity index (χ0) is 14.4. The number of rotatable bonds is 6. The third-order valence-electron chi connectivity index (χ3n) is 2.97. The van der Waals surface area contributed by atoms with Crippen molar-refractivity contribution >= 4 is 17.2 Å². The van der Waals surface area contributed by atoms with Gasteiger partial charge in [-0.05, 0) is 25.5 Å². The van der Waals surface area contributed by atoms with Gasteiger partial charge in [0.2, 0.25) is 5.91 Å². The van der Waals surface area contributed by atoms with Crippen molar-refractivity contribution < 1.29 is 4.79 Å². The minimum Gasteiger partial charge on any atom is -0.356 e. The summed E-state index contributed by atoms with van der Waals surface area (Å²) in [7, 11) is 0. The maximum Gasteiger partial charge on any atom is 0.225 e. The number of nitrogens with one attached hydrogen (secondary N) is 1. The fraction of sp³-hybridized carbons (Fsp3) is 0.400. The van der Waals surface area contributed by atoms with Crippen molar-refractivity contribution in [1.82, 2.24) is 15.3 Å². The number of aryl methyl sites for hydroxylation is 1. The van der Waals surface area contributed by atoms with E-state index in [1.165, 1.54) is 0 Å². The minimum absolute atomic E-state index is 0.0722. The van der Waals surface area contributed by atoms with E-state index in [4.69, 9.17) is 0 Å². The lowest BCUT2D eigenvalue weighted by Crippen LogP contribution is -2.25. The lowest BCUT2D eigenvalue weighted by atomic mass is 10.2. The molecule has 106 valence electrons. The molecule has 0 aromatic carbocycles. The molecule has 0 spiro atoms. The Morgan fingerprint density at radius 3 is 3.00 bits per heavy atom. The Kier molecular flexibility index (Phi) is 5.24. The van der Waals surface area contributed by atoms with Crippen molar-refractivity contribution in [2.75, 3.05) is 6.54 Å². The maximum atomic E-state index is 11.8. The summed E-state index contributed by atoms with van der Waals surface area (Å²) < 4.78 is 0. The standard InChI is InChI=1S/C15H19N3OS/c1-3-4-8-17-14(19)9-13-11(2)18-15(20-13)12-6-5-7-16-10-12/h5-7,10H,3-4,8-9H2,1-2H3,(H,17,19). The number of pyridine rings is 1. The topological polar surface area (TPSA) is 54.9 Å².